The number of aromatic nitrogens is 4. The number of anilines is 3. The first kappa shape index (κ1) is 33.7. The molecule has 1 aromatic carbocycles. The van der Waals surface area contributed by atoms with Crippen LogP contribution in [0.3, 0.4) is 0 Å². The summed E-state index contributed by atoms with van der Waals surface area (Å²) in [5.74, 6) is -0.904. The minimum absolute atomic E-state index is 0.0262. The van der Waals surface area contributed by atoms with Gasteiger partial charge in [-0.2, -0.15) is 0 Å². The number of amidine groups is 1. The van der Waals surface area contributed by atoms with Crippen molar-refractivity contribution in [1.29, 1.82) is 0 Å². The van der Waals surface area contributed by atoms with Gasteiger partial charge in [0.25, 0.3) is 5.91 Å². The third kappa shape index (κ3) is 8.18. The van der Waals surface area contributed by atoms with Gasteiger partial charge in [-0.3, -0.25) is 19.4 Å². The molecule has 4 heterocycles. The van der Waals surface area contributed by atoms with E-state index in [2.05, 4.69) is 30.6 Å². The molecule has 2 aliphatic heterocycles. The smallest absolute Gasteiger partial charge is 0.279 e. The predicted octanol–water partition coefficient (Wildman–Crippen LogP) is 2.38. The second-order valence-corrected chi connectivity index (χ2v) is 14.0. The molecule has 1 fully saturated rings. The summed E-state index contributed by atoms with van der Waals surface area (Å²) < 4.78 is 25.7. The zero-order valence-electron chi connectivity index (χ0n) is 25.9. The number of sulfone groups is 1. The van der Waals surface area contributed by atoms with Gasteiger partial charge < -0.3 is 27.0 Å². The van der Waals surface area contributed by atoms with E-state index in [9.17, 15) is 22.8 Å². The average molecular weight is 683 g/mol. The summed E-state index contributed by atoms with van der Waals surface area (Å²) in [6.45, 7) is 4.50. The van der Waals surface area contributed by atoms with E-state index in [1.807, 2.05) is 0 Å². The minimum Gasteiger partial charge on any atom is -0.382 e. The van der Waals surface area contributed by atoms with Crippen molar-refractivity contribution in [2.24, 2.45) is 4.99 Å². The standard InChI is InChI=1S/C30H35ClN10O5S/c1-17-15-18(2)35-22(34-17)16-47(45,46)20-5-3-19(4-6-20)36-23(42)7-8-24(43)41-13-11-30(12-14-41)10-9-21(40-30)37-29(44)25-27(32)39-28(33)26(31)38-25/h3-6,15H,7-14,16H2,1-2H3,(H,36,42)(H4,32,33,39)(H,37,40,44). The van der Waals surface area contributed by atoms with E-state index in [0.29, 0.717) is 55.3 Å². The average Bonchev–Trinajstić information content (AvgIpc) is 3.38. The zero-order valence-corrected chi connectivity index (χ0v) is 27.5. The highest BCUT2D eigenvalue weighted by atomic mass is 35.5. The molecule has 3 amide bonds. The van der Waals surface area contributed by atoms with Crippen molar-refractivity contribution in [2.75, 3.05) is 29.9 Å². The summed E-state index contributed by atoms with van der Waals surface area (Å²) in [5, 5.41) is 5.33. The fraction of sp³-hybridized carbons (Fsp3) is 0.400. The molecule has 6 N–H and O–H groups in total. The number of hydrogen-bond acceptors (Lipinski definition) is 12. The summed E-state index contributed by atoms with van der Waals surface area (Å²) in [6.07, 6.45) is 2.49. The van der Waals surface area contributed by atoms with Gasteiger partial charge in [0.2, 0.25) is 11.8 Å². The molecule has 0 radical (unpaired) electrons. The number of rotatable bonds is 8. The molecule has 0 aliphatic carbocycles. The zero-order chi connectivity index (χ0) is 33.9. The summed E-state index contributed by atoms with van der Waals surface area (Å²) in [5.41, 5.74) is 12.6. The first-order valence-electron chi connectivity index (χ1n) is 14.9. The molecule has 5 rings (SSSR count). The van der Waals surface area contributed by atoms with Crippen molar-refractivity contribution in [2.45, 2.75) is 68.6 Å². The number of piperidine rings is 1. The Bertz CT molecular complexity index is 1840. The predicted molar refractivity (Wildman–Crippen MR) is 175 cm³/mol. The molecule has 3 aromatic rings. The monoisotopic (exact) mass is 682 g/mol. The molecular weight excluding hydrogens is 648 g/mol. The number of amides is 3. The van der Waals surface area contributed by atoms with E-state index in [4.69, 9.17) is 28.1 Å². The SMILES string of the molecule is Cc1cc(C)nc(CS(=O)(=O)c2ccc(NC(=O)CCC(=O)N3CCC4(CCC(NC(=O)c5nc(Cl)c(N)nc5N)=N4)CC3)cc2)n1. The highest BCUT2D eigenvalue weighted by molar-refractivity contribution is 7.90. The van der Waals surface area contributed by atoms with E-state index in [1.165, 1.54) is 24.3 Å². The highest BCUT2D eigenvalue weighted by Gasteiger charge is 2.39. The quantitative estimate of drug-likeness (QED) is 0.269. The number of nitrogens with one attached hydrogen (secondary N) is 2. The van der Waals surface area contributed by atoms with Gasteiger partial charge in [-0.1, -0.05) is 11.6 Å². The lowest BCUT2D eigenvalue weighted by molar-refractivity contribution is -0.134. The van der Waals surface area contributed by atoms with Crippen LogP contribution in [0.15, 0.2) is 40.2 Å². The molecule has 0 atom stereocenters. The van der Waals surface area contributed by atoms with Crippen LogP contribution in [-0.2, 0) is 25.2 Å². The van der Waals surface area contributed by atoms with Gasteiger partial charge >= 0.3 is 0 Å². The largest absolute Gasteiger partial charge is 0.382 e. The van der Waals surface area contributed by atoms with Gasteiger partial charge in [-0.05, 0) is 63.4 Å². The number of benzene rings is 1. The van der Waals surface area contributed by atoms with Crippen LogP contribution in [0.25, 0.3) is 0 Å². The lowest BCUT2D eigenvalue weighted by Gasteiger charge is -2.37. The Kier molecular flexibility index (Phi) is 9.72. The molecule has 47 heavy (non-hydrogen) atoms. The maximum Gasteiger partial charge on any atom is 0.279 e. The van der Waals surface area contributed by atoms with E-state index in [-0.39, 0.29) is 63.6 Å². The second kappa shape index (κ2) is 13.6. The molecule has 1 saturated heterocycles. The van der Waals surface area contributed by atoms with Crippen molar-refractivity contribution >= 4 is 62.3 Å². The molecule has 0 bridgehead atoms. The first-order valence-corrected chi connectivity index (χ1v) is 17.0. The molecule has 248 valence electrons. The van der Waals surface area contributed by atoms with Crippen LogP contribution >= 0.6 is 11.6 Å². The van der Waals surface area contributed by atoms with Crippen LogP contribution in [0.2, 0.25) is 5.15 Å². The van der Waals surface area contributed by atoms with Crippen molar-refractivity contribution in [1.82, 2.24) is 30.2 Å². The number of halogens is 1. The van der Waals surface area contributed by atoms with Crippen molar-refractivity contribution in [3.63, 3.8) is 0 Å². The highest BCUT2D eigenvalue weighted by Crippen LogP contribution is 2.36. The molecule has 1 spiro atoms. The summed E-state index contributed by atoms with van der Waals surface area (Å²) >= 11 is 5.88. The number of nitrogens with two attached hydrogens (primary N) is 2. The molecule has 2 aliphatic rings. The summed E-state index contributed by atoms with van der Waals surface area (Å²) in [6, 6.07) is 7.62. The van der Waals surface area contributed by atoms with Crippen molar-refractivity contribution < 1.29 is 22.8 Å². The van der Waals surface area contributed by atoms with Gasteiger partial charge in [0.05, 0.1) is 10.4 Å². The Morgan fingerprint density at radius 2 is 1.57 bits per heavy atom. The normalized spacial score (nSPS) is 15.7. The first-order chi connectivity index (χ1) is 22.2. The third-order valence-electron chi connectivity index (χ3n) is 8.03. The maximum atomic E-state index is 12.9. The van der Waals surface area contributed by atoms with Crippen LogP contribution in [0.4, 0.5) is 17.3 Å². The Morgan fingerprint density at radius 1 is 0.915 bits per heavy atom. The minimum atomic E-state index is -3.69. The van der Waals surface area contributed by atoms with Gasteiger partial charge in [-0.15, -0.1) is 0 Å². The lowest BCUT2D eigenvalue weighted by atomic mass is 9.86. The van der Waals surface area contributed by atoms with Crippen molar-refractivity contribution in [3.8, 4) is 0 Å². The van der Waals surface area contributed by atoms with E-state index >= 15 is 0 Å². The van der Waals surface area contributed by atoms with Crippen LogP contribution < -0.4 is 22.1 Å². The third-order valence-corrected chi connectivity index (χ3v) is 9.94. The van der Waals surface area contributed by atoms with Crippen LogP contribution in [0.5, 0.6) is 0 Å². The van der Waals surface area contributed by atoms with E-state index < -0.39 is 21.3 Å². The molecule has 0 unspecified atom stereocenters. The number of likely N-dealkylation sites (tertiary alicyclic amines) is 1. The molecule has 17 heteroatoms. The van der Waals surface area contributed by atoms with Crippen LogP contribution in [-0.4, -0.2) is 75.4 Å². The Morgan fingerprint density at radius 3 is 2.23 bits per heavy atom. The second-order valence-electron chi connectivity index (χ2n) is 11.6. The van der Waals surface area contributed by atoms with Gasteiger partial charge in [0, 0.05) is 49.4 Å². The van der Waals surface area contributed by atoms with Crippen LogP contribution in [0.1, 0.15) is 66.2 Å². The fourth-order valence-corrected chi connectivity index (χ4v) is 6.95. The Balaban J connectivity index is 1.07. The summed E-state index contributed by atoms with van der Waals surface area (Å²) in [7, 11) is -3.69. The molecular formula is C30H35ClN10O5S. The topological polar surface area (TPSA) is 229 Å². The number of carbonyl (C=O) groups is 3. The lowest BCUT2D eigenvalue weighted by Crippen LogP contribution is -2.45. The number of nitrogen functional groups attached to an aromatic ring is 2. The van der Waals surface area contributed by atoms with Gasteiger partial charge in [0.15, 0.2) is 32.3 Å². The van der Waals surface area contributed by atoms with Gasteiger partial charge in [-0.25, -0.2) is 28.4 Å². The summed E-state index contributed by atoms with van der Waals surface area (Å²) in [4.78, 5) is 60.9. The number of nitrogens with zero attached hydrogens (tertiary/aromatic N) is 6. The molecule has 0 saturated carbocycles. The van der Waals surface area contributed by atoms with Crippen molar-refractivity contribution in [3.05, 3.63) is 58.4 Å². The van der Waals surface area contributed by atoms with E-state index in [0.717, 1.165) is 6.42 Å². The number of carbonyl (C=O) groups excluding carboxylic acids is 3. The number of aliphatic imine (C=N–C) groups is 1. The molecule has 2 aromatic heterocycles. The Hall–Kier alpha value is -4.70. The maximum absolute atomic E-state index is 12.9. The van der Waals surface area contributed by atoms with Crippen LogP contribution in [0, 0.1) is 13.8 Å². The number of hydrogen-bond donors (Lipinski definition) is 4. The fourth-order valence-electron chi connectivity index (χ4n) is 5.64. The molecule has 15 nitrogen and oxygen atoms in total. The van der Waals surface area contributed by atoms with Gasteiger partial charge in [0.1, 0.15) is 17.4 Å². The Labute approximate surface area is 276 Å². The van der Waals surface area contributed by atoms with E-state index in [1.54, 1.807) is 24.8 Å². The number of aryl methyl sites for hydroxylation is 2.